The van der Waals surface area contributed by atoms with Crippen molar-refractivity contribution in [1.29, 1.82) is 0 Å². The van der Waals surface area contributed by atoms with Crippen molar-refractivity contribution >= 4 is 17.1 Å². The summed E-state index contributed by atoms with van der Waals surface area (Å²) in [5.41, 5.74) is 4.42. The third-order valence-corrected chi connectivity index (χ3v) is 3.50. The van der Waals surface area contributed by atoms with Gasteiger partial charge in [-0.1, -0.05) is 0 Å². The number of nitrogens with two attached hydrogens (primary N) is 1. The summed E-state index contributed by atoms with van der Waals surface area (Å²) in [7, 11) is 0. The van der Waals surface area contributed by atoms with Gasteiger partial charge in [0.05, 0.1) is 12.9 Å². The Balaban J connectivity index is 2.18. The number of rotatable bonds is 2. The highest BCUT2D eigenvalue weighted by atomic mass is 16.7. The first-order valence-corrected chi connectivity index (χ1v) is 6.08. The van der Waals surface area contributed by atoms with Gasteiger partial charge in [-0.2, -0.15) is 4.98 Å². The Hall–Kier alpha value is -2.09. The van der Waals surface area contributed by atoms with Gasteiger partial charge < -0.3 is 36.0 Å². The van der Waals surface area contributed by atoms with Crippen LogP contribution in [0.15, 0.2) is 11.1 Å². The van der Waals surface area contributed by atoms with Gasteiger partial charge in [0, 0.05) is 0 Å². The molecule has 120 valence electrons. The molecule has 0 aromatic carbocycles. The molecule has 0 unspecified atom stereocenters. The predicted molar refractivity (Wildman–Crippen MR) is 67.9 cm³/mol. The quantitative estimate of drug-likeness (QED) is 0.267. The van der Waals surface area contributed by atoms with Gasteiger partial charge in [-0.05, 0) is 0 Å². The highest BCUT2D eigenvalue weighted by Crippen LogP contribution is 2.42. The molecule has 0 aliphatic carbocycles. The minimum Gasteiger partial charge on any atom is -0.393 e. The second-order valence-corrected chi connectivity index (χ2v) is 4.89. The zero-order chi connectivity index (χ0) is 16.3. The summed E-state index contributed by atoms with van der Waals surface area (Å²) < 4.78 is 5.95. The third-order valence-electron chi connectivity index (χ3n) is 3.50. The molecule has 3 rings (SSSR count). The van der Waals surface area contributed by atoms with Crippen LogP contribution < -0.4 is 11.3 Å². The number of aliphatic hydroxyl groups is 5. The molecule has 22 heavy (non-hydrogen) atoms. The summed E-state index contributed by atoms with van der Waals surface area (Å²) in [6.07, 6.45) is -2.50. The zero-order valence-corrected chi connectivity index (χ0v) is 10.9. The Labute approximate surface area is 121 Å². The van der Waals surface area contributed by atoms with Crippen molar-refractivity contribution in [3.05, 3.63) is 16.7 Å². The fourth-order valence-electron chi connectivity index (χ4n) is 2.31. The minimum absolute atomic E-state index is 0.159. The van der Waals surface area contributed by atoms with Crippen LogP contribution in [0.5, 0.6) is 0 Å². The highest BCUT2D eigenvalue weighted by molar-refractivity contribution is 5.70. The van der Waals surface area contributed by atoms with E-state index in [0.29, 0.717) is 0 Å². The fraction of sp³-hybridized carbons (Fsp3) is 0.500. The van der Waals surface area contributed by atoms with Crippen molar-refractivity contribution in [2.24, 2.45) is 0 Å². The molecule has 2 aromatic heterocycles. The maximum absolute atomic E-state index is 11.7. The van der Waals surface area contributed by atoms with Crippen LogP contribution in [0.4, 0.5) is 5.95 Å². The SMILES string of the molecule is Nc1nc2c(ncn2[C@@H]2O[C@H](CO)C(O)(O)C2(O)O)c(=O)[nH]1. The van der Waals surface area contributed by atoms with Gasteiger partial charge in [0.1, 0.15) is 6.10 Å². The summed E-state index contributed by atoms with van der Waals surface area (Å²) >= 11 is 0. The summed E-state index contributed by atoms with van der Waals surface area (Å²) in [5, 5.41) is 48.5. The van der Waals surface area contributed by atoms with Crippen molar-refractivity contribution in [1.82, 2.24) is 19.5 Å². The molecule has 0 spiro atoms. The van der Waals surface area contributed by atoms with Crippen molar-refractivity contribution < 1.29 is 30.3 Å². The number of aromatic amines is 1. The van der Waals surface area contributed by atoms with Crippen LogP contribution in [-0.4, -0.2) is 69.3 Å². The number of nitrogens with zero attached hydrogens (tertiary/aromatic N) is 3. The first kappa shape index (κ1) is 14.8. The largest absolute Gasteiger partial charge is 0.393 e. The highest BCUT2D eigenvalue weighted by Gasteiger charge is 2.66. The lowest BCUT2D eigenvalue weighted by molar-refractivity contribution is -0.355. The van der Waals surface area contributed by atoms with Crippen LogP contribution in [0.2, 0.25) is 0 Å². The number of nitrogens with one attached hydrogen (secondary N) is 1. The monoisotopic (exact) mass is 315 g/mol. The molecule has 2 aromatic rings. The fourth-order valence-corrected chi connectivity index (χ4v) is 2.31. The van der Waals surface area contributed by atoms with Gasteiger partial charge in [-0.15, -0.1) is 0 Å². The van der Waals surface area contributed by atoms with E-state index in [-0.39, 0.29) is 17.1 Å². The number of aliphatic hydroxyl groups excluding tert-OH is 1. The molecule has 1 aliphatic heterocycles. The van der Waals surface area contributed by atoms with Gasteiger partial charge in [-0.25, -0.2) is 4.98 Å². The summed E-state index contributed by atoms with van der Waals surface area (Å²) in [6, 6.07) is 0. The van der Waals surface area contributed by atoms with Crippen LogP contribution in [0.3, 0.4) is 0 Å². The number of nitrogen functional groups attached to an aromatic ring is 1. The number of ether oxygens (including phenoxy) is 1. The number of fused-ring (bicyclic) bond motifs is 1. The average Bonchev–Trinajstić information content (AvgIpc) is 2.89. The number of hydrogen-bond acceptors (Lipinski definition) is 10. The molecule has 2 atom stereocenters. The average molecular weight is 315 g/mol. The molecular weight excluding hydrogens is 302 g/mol. The topological polar surface area (TPSA) is 200 Å². The molecular formula is C10H13N5O7. The number of hydrogen-bond donors (Lipinski definition) is 7. The molecule has 1 aliphatic rings. The molecule has 0 bridgehead atoms. The van der Waals surface area contributed by atoms with Gasteiger partial charge in [0.15, 0.2) is 17.4 Å². The maximum Gasteiger partial charge on any atom is 0.280 e. The zero-order valence-electron chi connectivity index (χ0n) is 10.9. The molecule has 1 saturated heterocycles. The van der Waals surface area contributed by atoms with Crippen LogP contribution >= 0.6 is 0 Å². The van der Waals surface area contributed by atoms with E-state index in [0.717, 1.165) is 10.9 Å². The van der Waals surface area contributed by atoms with Crippen molar-refractivity contribution in [2.75, 3.05) is 12.3 Å². The molecule has 0 amide bonds. The van der Waals surface area contributed by atoms with Crippen LogP contribution in [0.1, 0.15) is 6.23 Å². The van der Waals surface area contributed by atoms with Crippen molar-refractivity contribution in [2.45, 2.75) is 23.9 Å². The van der Waals surface area contributed by atoms with E-state index < -0.39 is 36.1 Å². The summed E-state index contributed by atoms with van der Waals surface area (Å²) in [6.45, 7) is -0.894. The first-order chi connectivity index (χ1) is 10.2. The van der Waals surface area contributed by atoms with E-state index in [4.69, 9.17) is 15.6 Å². The van der Waals surface area contributed by atoms with E-state index >= 15 is 0 Å². The van der Waals surface area contributed by atoms with Crippen LogP contribution in [0, 0.1) is 0 Å². The van der Waals surface area contributed by atoms with Crippen molar-refractivity contribution in [3.8, 4) is 0 Å². The lowest BCUT2D eigenvalue weighted by Gasteiger charge is -2.31. The molecule has 8 N–H and O–H groups in total. The Kier molecular flexibility index (Phi) is 3.00. The van der Waals surface area contributed by atoms with Crippen LogP contribution in [0.25, 0.3) is 11.2 Å². The van der Waals surface area contributed by atoms with E-state index in [1.54, 1.807) is 0 Å². The second-order valence-electron chi connectivity index (χ2n) is 4.89. The molecule has 0 radical (unpaired) electrons. The lowest BCUT2D eigenvalue weighted by Crippen LogP contribution is -2.58. The van der Waals surface area contributed by atoms with E-state index in [2.05, 4.69) is 15.0 Å². The maximum atomic E-state index is 11.7. The predicted octanol–water partition coefficient (Wildman–Crippen LogP) is -4.05. The second kappa shape index (κ2) is 4.45. The Bertz CT molecular complexity index is 782. The summed E-state index contributed by atoms with van der Waals surface area (Å²) in [4.78, 5) is 21.4. The Morgan fingerprint density at radius 2 is 2.05 bits per heavy atom. The van der Waals surface area contributed by atoms with Gasteiger partial charge >= 0.3 is 0 Å². The number of aromatic nitrogens is 4. The summed E-state index contributed by atoms with van der Waals surface area (Å²) in [5.74, 6) is -6.61. The van der Waals surface area contributed by atoms with Gasteiger partial charge in [0.2, 0.25) is 5.95 Å². The van der Waals surface area contributed by atoms with E-state index in [1.807, 2.05) is 0 Å². The van der Waals surface area contributed by atoms with E-state index in [9.17, 15) is 25.2 Å². The first-order valence-electron chi connectivity index (χ1n) is 6.08. The third kappa shape index (κ3) is 1.76. The number of imidazole rings is 1. The van der Waals surface area contributed by atoms with Gasteiger partial charge in [0.25, 0.3) is 17.1 Å². The van der Waals surface area contributed by atoms with Crippen LogP contribution in [-0.2, 0) is 4.74 Å². The number of H-pyrrole nitrogens is 1. The van der Waals surface area contributed by atoms with Gasteiger partial charge in [-0.3, -0.25) is 14.3 Å². The Morgan fingerprint density at radius 3 is 2.64 bits per heavy atom. The molecule has 12 nitrogen and oxygen atoms in total. The Morgan fingerprint density at radius 1 is 1.36 bits per heavy atom. The molecule has 12 heteroatoms. The molecule has 3 heterocycles. The minimum atomic E-state index is -3.20. The lowest BCUT2D eigenvalue weighted by atomic mass is 10.0. The normalized spacial score (nSPS) is 26.6. The molecule has 1 fully saturated rings. The van der Waals surface area contributed by atoms with Crippen molar-refractivity contribution in [3.63, 3.8) is 0 Å². The van der Waals surface area contributed by atoms with E-state index in [1.165, 1.54) is 0 Å². The smallest absolute Gasteiger partial charge is 0.280 e. The number of anilines is 1. The standard InChI is InChI=1S/C10H13N5O7/c11-8-13-5-4(6(17)14-8)12-2-15(5)7-10(20,21)9(18,19)3(1-16)22-7/h2-3,7,16,18-21H,1H2,(H3,11,13,14,17)/t3-,7-/m1/s1. The molecule has 0 saturated carbocycles.